The molecule has 0 amide bonds. The Morgan fingerprint density at radius 2 is 1.72 bits per heavy atom. The predicted octanol–water partition coefficient (Wildman–Crippen LogP) is 2.06. The normalized spacial score (nSPS) is 19.6. The van der Waals surface area contributed by atoms with E-state index in [0.717, 1.165) is 44.8 Å². The molecule has 7 heteroatoms. The average molecular weight is 348 g/mol. The number of carboxylic acids is 1. The monoisotopic (exact) mass is 348 g/mol. The van der Waals surface area contributed by atoms with E-state index in [1.807, 2.05) is 0 Å². The molecule has 0 unspecified atom stereocenters. The van der Waals surface area contributed by atoms with Crippen LogP contribution in [-0.2, 0) is 14.9 Å². The lowest BCUT2D eigenvalue weighted by Crippen LogP contribution is -2.40. The number of carbonyl (C=O) groups is 1. The maximum Gasteiger partial charge on any atom is 0.313 e. The van der Waals surface area contributed by atoms with E-state index >= 15 is 0 Å². The summed E-state index contributed by atoms with van der Waals surface area (Å²) in [6.45, 7) is 8.06. The van der Waals surface area contributed by atoms with E-state index in [1.54, 1.807) is 20.0 Å². The molecule has 0 atom stereocenters. The Bertz CT molecular complexity index is 606. The molecule has 2 fully saturated rings. The van der Waals surface area contributed by atoms with Crippen molar-refractivity contribution >= 4 is 17.7 Å². The Kier molecular flexibility index (Phi) is 5.42. The second-order valence-corrected chi connectivity index (χ2v) is 7.34. The molecule has 3 rings (SSSR count). The molecular weight excluding hydrogens is 320 g/mol. The van der Waals surface area contributed by atoms with Gasteiger partial charge in [-0.2, -0.15) is 4.98 Å². The topological polar surface area (TPSA) is 78.8 Å². The van der Waals surface area contributed by atoms with Crippen LogP contribution < -0.4 is 9.80 Å². The minimum Gasteiger partial charge on any atom is -0.481 e. The highest BCUT2D eigenvalue weighted by Crippen LogP contribution is 2.33. The molecule has 0 bridgehead atoms. The molecule has 0 saturated carbocycles. The molecule has 0 aliphatic carbocycles. The van der Waals surface area contributed by atoms with E-state index < -0.39 is 11.4 Å². The lowest BCUT2D eigenvalue weighted by Gasteiger charge is -2.33. The van der Waals surface area contributed by atoms with Crippen LogP contribution >= 0.6 is 0 Å². The lowest BCUT2D eigenvalue weighted by molar-refractivity contribution is -0.142. The second kappa shape index (κ2) is 7.56. The van der Waals surface area contributed by atoms with E-state index in [0.29, 0.717) is 24.7 Å². The smallest absolute Gasteiger partial charge is 0.313 e. The summed E-state index contributed by atoms with van der Waals surface area (Å²) in [6.07, 6.45) is 6.51. The van der Waals surface area contributed by atoms with Crippen LogP contribution in [0.25, 0.3) is 0 Å². The van der Waals surface area contributed by atoms with Gasteiger partial charge in [-0.15, -0.1) is 0 Å². The van der Waals surface area contributed by atoms with E-state index in [9.17, 15) is 9.90 Å². The van der Waals surface area contributed by atoms with Gasteiger partial charge in [0.1, 0.15) is 5.82 Å². The Hall–Kier alpha value is -1.89. The minimum absolute atomic E-state index is 0.635. The zero-order chi connectivity index (χ0) is 17.9. The summed E-state index contributed by atoms with van der Waals surface area (Å²) in [7, 11) is 0. The van der Waals surface area contributed by atoms with Crippen LogP contribution in [0.15, 0.2) is 6.20 Å². The first-order chi connectivity index (χ1) is 12.0. The van der Waals surface area contributed by atoms with Crippen LogP contribution in [0.1, 0.15) is 45.1 Å². The number of morpholine rings is 1. The van der Waals surface area contributed by atoms with Gasteiger partial charge in [0.05, 0.1) is 18.6 Å². The summed E-state index contributed by atoms with van der Waals surface area (Å²) in [4.78, 5) is 25.5. The van der Waals surface area contributed by atoms with Crippen molar-refractivity contribution in [1.82, 2.24) is 9.97 Å². The SMILES string of the molecule is CC(C)(C(=O)O)c1cnc(N2CCCCCC2)nc1N1CCOCC1. The molecule has 2 aliphatic rings. The minimum atomic E-state index is -1.04. The zero-order valence-electron chi connectivity index (χ0n) is 15.2. The molecule has 1 N–H and O–H groups in total. The van der Waals surface area contributed by atoms with Gasteiger partial charge in [0, 0.05) is 37.9 Å². The molecule has 2 saturated heterocycles. The second-order valence-electron chi connectivity index (χ2n) is 7.34. The van der Waals surface area contributed by atoms with E-state index in [4.69, 9.17) is 9.72 Å². The van der Waals surface area contributed by atoms with Gasteiger partial charge in [0.2, 0.25) is 5.95 Å². The highest BCUT2D eigenvalue weighted by molar-refractivity contribution is 5.82. The fraction of sp³-hybridized carbons (Fsp3) is 0.722. The van der Waals surface area contributed by atoms with Gasteiger partial charge in [-0.25, -0.2) is 4.98 Å². The Balaban J connectivity index is 1.98. The zero-order valence-corrected chi connectivity index (χ0v) is 15.2. The molecule has 0 radical (unpaired) electrons. The van der Waals surface area contributed by atoms with Crippen molar-refractivity contribution in [3.63, 3.8) is 0 Å². The molecular formula is C18H28N4O3. The Labute approximate surface area is 149 Å². The lowest BCUT2D eigenvalue weighted by atomic mass is 9.85. The summed E-state index contributed by atoms with van der Waals surface area (Å²) < 4.78 is 5.45. The number of aromatic nitrogens is 2. The van der Waals surface area contributed by atoms with Crippen molar-refractivity contribution in [2.24, 2.45) is 0 Å². The van der Waals surface area contributed by atoms with Gasteiger partial charge in [-0.1, -0.05) is 12.8 Å². The van der Waals surface area contributed by atoms with Crippen molar-refractivity contribution in [3.8, 4) is 0 Å². The van der Waals surface area contributed by atoms with E-state index in [1.165, 1.54) is 12.8 Å². The molecule has 0 spiro atoms. The van der Waals surface area contributed by atoms with Crippen molar-refractivity contribution in [2.75, 3.05) is 49.2 Å². The predicted molar refractivity (Wildman–Crippen MR) is 96.4 cm³/mol. The standard InChI is InChI=1S/C18H28N4O3/c1-18(2,16(23)24)14-13-19-17(22-7-5-3-4-6-8-22)20-15(14)21-9-11-25-12-10-21/h13H,3-12H2,1-2H3,(H,23,24). The Morgan fingerprint density at radius 1 is 1.08 bits per heavy atom. The highest BCUT2D eigenvalue weighted by atomic mass is 16.5. The number of carboxylic acid groups (broad SMARTS) is 1. The quantitative estimate of drug-likeness (QED) is 0.892. The average Bonchev–Trinajstić information content (AvgIpc) is 2.91. The third-order valence-corrected chi connectivity index (χ3v) is 5.16. The summed E-state index contributed by atoms with van der Waals surface area (Å²) in [5, 5.41) is 9.66. The van der Waals surface area contributed by atoms with Gasteiger partial charge in [-0.3, -0.25) is 4.79 Å². The molecule has 2 aliphatic heterocycles. The molecule has 0 aromatic carbocycles. The molecule has 138 valence electrons. The summed E-state index contributed by atoms with van der Waals surface area (Å²) in [6, 6.07) is 0. The first-order valence-corrected chi connectivity index (χ1v) is 9.18. The van der Waals surface area contributed by atoms with Crippen molar-refractivity contribution in [3.05, 3.63) is 11.8 Å². The molecule has 25 heavy (non-hydrogen) atoms. The van der Waals surface area contributed by atoms with Crippen LogP contribution in [0.3, 0.4) is 0 Å². The first-order valence-electron chi connectivity index (χ1n) is 9.18. The molecule has 3 heterocycles. The van der Waals surface area contributed by atoms with E-state index in [2.05, 4.69) is 14.8 Å². The van der Waals surface area contributed by atoms with Crippen molar-refractivity contribution in [1.29, 1.82) is 0 Å². The highest BCUT2D eigenvalue weighted by Gasteiger charge is 2.35. The van der Waals surface area contributed by atoms with Gasteiger partial charge in [0.15, 0.2) is 0 Å². The molecule has 1 aromatic rings. The van der Waals surface area contributed by atoms with Gasteiger partial charge < -0.3 is 19.6 Å². The third kappa shape index (κ3) is 3.86. The number of anilines is 2. The van der Waals surface area contributed by atoms with Crippen LogP contribution in [0.4, 0.5) is 11.8 Å². The fourth-order valence-electron chi connectivity index (χ4n) is 3.36. The number of hydrogen-bond donors (Lipinski definition) is 1. The van der Waals surface area contributed by atoms with Crippen LogP contribution in [0.2, 0.25) is 0 Å². The molecule has 7 nitrogen and oxygen atoms in total. The maximum atomic E-state index is 11.8. The summed E-state index contributed by atoms with van der Waals surface area (Å²) in [5.41, 5.74) is -0.370. The maximum absolute atomic E-state index is 11.8. The van der Waals surface area contributed by atoms with Gasteiger partial charge in [-0.05, 0) is 26.7 Å². The van der Waals surface area contributed by atoms with E-state index in [-0.39, 0.29) is 0 Å². The largest absolute Gasteiger partial charge is 0.481 e. The molecule has 1 aromatic heterocycles. The third-order valence-electron chi connectivity index (χ3n) is 5.16. The first kappa shape index (κ1) is 17.9. The fourth-order valence-corrected chi connectivity index (χ4v) is 3.36. The Morgan fingerprint density at radius 3 is 2.32 bits per heavy atom. The van der Waals surface area contributed by atoms with Crippen LogP contribution in [0, 0.1) is 0 Å². The number of nitrogens with zero attached hydrogens (tertiary/aromatic N) is 4. The van der Waals surface area contributed by atoms with Gasteiger partial charge in [0.25, 0.3) is 0 Å². The van der Waals surface area contributed by atoms with Gasteiger partial charge >= 0.3 is 5.97 Å². The van der Waals surface area contributed by atoms with Crippen molar-refractivity contribution in [2.45, 2.75) is 44.9 Å². The number of aliphatic carboxylic acids is 1. The van der Waals surface area contributed by atoms with Crippen LogP contribution in [-0.4, -0.2) is 60.4 Å². The van der Waals surface area contributed by atoms with Crippen molar-refractivity contribution < 1.29 is 14.6 Å². The number of ether oxygens (including phenoxy) is 1. The number of hydrogen-bond acceptors (Lipinski definition) is 6. The summed E-state index contributed by atoms with van der Waals surface area (Å²) >= 11 is 0. The number of rotatable bonds is 4. The summed E-state index contributed by atoms with van der Waals surface area (Å²) in [5.74, 6) is 0.589. The van der Waals surface area contributed by atoms with Crippen LogP contribution in [0.5, 0.6) is 0 Å².